The SMILES string of the molecule is CCCCCCOc1ccc([I+]c2ccc(OCC)cc2OCC)cc1.c1ccc([B-](c2ccccc2)(c2ccccc2)c2ccccc2)cc1. The van der Waals surface area contributed by atoms with Crippen molar-refractivity contribution in [1.29, 1.82) is 0 Å². The molecule has 0 spiro atoms. The molecule has 6 aromatic rings. The summed E-state index contributed by atoms with van der Waals surface area (Å²) < 4.78 is 19.9. The van der Waals surface area contributed by atoms with Crippen molar-refractivity contribution >= 4 is 28.0 Å². The van der Waals surface area contributed by atoms with Gasteiger partial charge in [0.25, 0.3) is 0 Å². The zero-order valence-electron chi connectivity index (χ0n) is 30.2. The second-order valence-corrected chi connectivity index (χ2v) is 15.4. The number of unbranched alkanes of at least 4 members (excludes halogenated alkanes) is 3. The summed E-state index contributed by atoms with van der Waals surface area (Å²) in [6.45, 7) is 8.37. The smallest absolute Gasteiger partial charge is 0.362 e. The molecule has 0 radical (unpaired) electrons. The van der Waals surface area contributed by atoms with Gasteiger partial charge in [0.15, 0.2) is 9.32 Å². The first kappa shape index (κ1) is 37.8. The van der Waals surface area contributed by atoms with Gasteiger partial charge in [-0.05, 0) is 56.7 Å². The van der Waals surface area contributed by atoms with E-state index >= 15 is 0 Å². The Labute approximate surface area is 316 Å². The summed E-state index contributed by atoms with van der Waals surface area (Å²) in [6.07, 6.45) is 3.71. The maximum atomic E-state index is 5.83. The van der Waals surface area contributed by atoms with Gasteiger partial charge in [-0.3, -0.25) is 0 Å². The Hall–Kier alpha value is -4.49. The summed E-state index contributed by atoms with van der Waals surface area (Å²) in [5, 5.41) is 0. The van der Waals surface area contributed by atoms with E-state index in [0.717, 1.165) is 30.3 Å². The van der Waals surface area contributed by atoms with Crippen molar-refractivity contribution in [2.24, 2.45) is 0 Å². The van der Waals surface area contributed by atoms with E-state index in [1.54, 1.807) is 0 Å². The van der Waals surface area contributed by atoms with E-state index < -0.39 is 6.15 Å². The highest BCUT2D eigenvalue weighted by Gasteiger charge is 2.31. The first-order chi connectivity index (χ1) is 25.2. The molecule has 0 aliphatic rings. The summed E-state index contributed by atoms with van der Waals surface area (Å²) in [5.74, 6) is 2.78. The van der Waals surface area contributed by atoms with E-state index in [1.807, 2.05) is 26.0 Å². The minimum atomic E-state index is -1.22. The molecule has 3 nitrogen and oxygen atoms in total. The van der Waals surface area contributed by atoms with Crippen LogP contribution < -0.4 is 57.3 Å². The minimum Gasteiger partial charge on any atom is -0.494 e. The molecule has 0 amide bonds. The van der Waals surface area contributed by atoms with Crippen molar-refractivity contribution in [3.05, 3.63) is 171 Å². The van der Waals surface area contributed by atoms with Crippen molar-refractivity contribution in [2.75, 3.05) is 19.8 Å². The van der Waals surface area contributed by atoms with E-state index in [2.05, 4.69) is 159 Å². The third-order valence-corrected chi connectivity index (χ3v) is 11.8. The molecule has 0 atom stereocenters. The number of hydrogen-bond donors (Lipinski definition) is 0. The monoisotopic (exact) mass is 788 g/mol. The van der Waals surface area contributed by atoms with Crippen molar-refractivity contribution in [1.82, 2.24) is 0 Å². The largest absolute Gasteiger partial charge is 0.494 e. The quantitative estimate of drug-likeness (QED) is 0.0724. The molecule has 0 bridgehead atoms. The lowest BCUT2D eigenvalue weighted by Gasteiger charge is -2.44. The van der Waals surface area contributed by atoms with E-state index in [0.29, 0.717) is 13.2 Å². The number of rotatable bonds is 16. The molecule has 6 rings (SSSR count). The number of benzene rings is 6. The third-order valence-electron chi connectivity index (χ3n) is 9.00. The molecule has 262 valence electrons. The molecule has 0 aromatic heterocycles. The van der Waals surface area contributed by atoms with E-state index in [1.165, 1.54) is 48.3 Å². The predicted molar refractivity (Wildman–Crippen MR) is 212 cm³/mol. The van der Waals surface area contributed by atoms with Crippen LogP contribution in [0.1, 0.15) is 46.5 Å². The molecule has 51 heavy (non-hydrogen) atoms. The molecule has 0 fully saturated rings. The standard InChI is InChI=1S/C24H20B.C22H30IO3/c1-5-13-21(14-6-1)25(22-15-7-2-8-16-22,23-17-9-3-10-18-23)24-19-11-4-12-20-24;1-4-7-8-9-16-26-19-12-10-18(11-13-19)23-21-15-14-20(24-5-2)17-22(21)25-6-3/h1-20H;10-15,17H,4-9,16H2,1-3H3/q-1;+1. The Kier molecular flexibility index (Phi) is 15.1. The molecule has 0 N–H and O–H groups in total. The normalized spacial score (nSPS) is 10.9. The van der Waals surface area contributed by atoms with Crippen LogP contribution in [-0.2, 0) is 0 Å². The second-order valence-electron chi connectivity index (χ2n) is 12.4. The van der Waals surface area contributed by atoms with Crippen LogP contribution in [0.15, 0.2) is 164 Å². The highest BCUT2D eigenvalue weighted by atomic mass is 127. The van der Waals surface area contributed by atoms with Crippen molar-refractivity contribution in [3.63, 3.8) is 0 Å². The third kappa shape index (κ3) is 10.3. The van der Waals surface area contributed by atoms with Crippen LogP contribution in [0, 0.1) is 7.14 Å². The van der Waals surface area contributed by atoms with E-state index in [9.17, 15) is 0 Å². The van der Waals surface area contributed by atoms with Gasteiger partial charge in [0.05, 0.1) is 19.8 Å². The lowest BCUT2D eigenvalue weighted by Crippen LogP contribution is -3.61. The Morgan fingerprint density at radius 1 is 0.451 bits per heavy atom. The van der Waals surface area contributed by atoms with Gasteiger partial charge in [0.1, 0.15) is 17.6 Å². The molecule has 0 heterocycles. The van der Waals surface area contributed by atoms with Crippen LogP contribution in [0.25, 0.3) is 0 Å². The lowest BCUT2D eigenvalue weighted by atomic mass is 9.13. The number of halogens is 1. The average Bonchev–Trinajstić information content (AvgIpc) is 3.19. The molecule has 0 saturated carbocycles. The zero-order chi connectivity index (χ0) is 35.6. The maximum absolute atomic E-state index is 5.83. The first-order valence-electron chi connectivity index (χ1n) is 18.3. The Balaban J connectivity index is 0.000000198. The Morgan fingerprint density at radius 2 is 0.922 bits per heavy atom. The van der Waals surface area contributed by atoms with Crippen LogP contribution in [0.5, 0.6) is 17.2 Å². The molecule has 6 aromatic carbocycles. The van der Waals surface area contributed by atoms with Gasteiger partial charge in [-0.1, -0.05) is 148 Å². The average molecular weight is 789 g/mol. The van der Waals surface area contributed by atoms with Gasteiger partial charge in [-0.15, -0.1) is 0 Å². The predicted octanol–water partition coefficient (Wildman–Crippen LogP) is 5.64. The fourth-order valence-electron chi connectivity index (χ4n) is 6.64. The highest BCUT2D eigenvalue weighted by Crippen LogP contribution is 2.20. The van der Waals surface area contributed by atoms with Gasteiger partial charge >= 0.3 is 21.2 Å². The van der Waals surface area contributed by atoms with Crippen LogP contribution in [-0.4, -0.2) is 26.0 Å². The molecular formula is C46H50BIO3. The molecule has 0 unspecified atom stereocenters. The Bertz CT molecular complexity index is 1670. The van der Waals surface area contributed by atoms with Gasteiger partial charge in [0.2, 0.25) is 3.57 Å². The lowest BCUT2D eigenvalue weighted by molar-refractivity contribution is -0.598. The van der Waals surface area contributed by atoms with Crippen LogP contribution >= 0.6 is 0 Å². The summed E-state index contributed by atoms with van der Waals surface area (Å²) in [6, 6.07) is 58.2. The molecule has 0 aliphatic carbocycles. The number of hydrogen-bond acceptors (Lipinski definition) is 3. The molecule has 5 heteroatoms. The summed E-state index contributed by atoms with van der Waals surface area (Å²) >= 11 is -0.299. The van der Waals surface area contributed by atoms with Crippen LogP contribution in [0.2, 0.25) is 0 Å². The van der Waals surface area contributed by atoms with Crippen molar-refractivity contribution in [2.45, 2.75) is 46.5 Å². The molecule has 0 aliphatic heterocycles. The summed E-state index contributed by atoms with van der Waals surface area (Å²) in [7, 11) is 0. The van der Waals surface area contributed by atoms with Gasteiger partial charge < -0.3 is 14.2 Å². The fourth-order valence-corrected chi connectivity index (χ4v) is 8.96. The van der Waals surface area contributed by atoms with Gasteiger partial charge in [-0.25, -0.2) is 0 Å². The fraction of sp³-hybridized carbons (Fsp3) is 0.217. The Morgan fingerprint density at radius 3 is 1.37 bits per heavy atom. The van der Waals surface area contributed by atoms with Crippen molar-refractivity contribution in [3.8, 4) is 17.2 Å². The summed E-state index contributed by atoms with van der Waals surface area (Å²) in [5.41, 5.74) is 5.36. The van der Waals surface area contributed by atoms with Crippen LogP contribution in [0.3, 0.4) is 0 Å². The van der Waals surface area contributed by atoms with Gasteiger partial charge in [-0.2, -0.15) is 21.9 Å². The number of ether oxygens (including phenoxy) is 3. The first-order valence-corrected chi connectivity index (χ1v) is 20.5. The summed E-state index contributed by atoms with van der Waals surface area (Å²) in [4.78, 5) is 0. The second kappa shape index (κ2) is 20.4. The van der Waals surface area contributed by atoms with Gasteiger partial charge in [0, 0.05) is 6.07 Å². The molecular weight excluding hydrogens is 738 g/mol. The van der Waals surface area contributed by atoms with Crippen molar-refractivity contribution < 1.29 is 35.4 Å². The zero-order valence-corrected chi connectivity index (χ0v) is 32.4. The van der Waals surface area contributed by atoms with E-state index in [4.69, 9.17) is 14.2 Å². The highest BCUT2D eigenvalue weighted by molar-refractivity contribution is 7.19. The minimum absolute atomic E-state index is 0.299. The van der Waals surface area contributed by atoms with E-state index in [-0.39, 0.29) is 21.2 Å². The maximum Gasteiger partial charge on any atom is 0.362 e. The topological polar surface area (TPSA) is 27.7 Å². The van der Waals surface area contributed by atoms with Crippen LogP contribution in [0.4, 0.5) is 0 Å². The molecule has 0 saturated heterocycles.